The number of aromatic nitrogens is 2. The van der Waals surface area contributed by atoms with E-state index in [4.69, 9.17) is 4.74 Å². The molecule has 4 nitrogen and oxygen atoms in total. The first-order valence-electron chi connectivity index (χ1n) is 6.14. The molecule has 0 aliphatic rings. The minimum absolute atomic E-state index is 0.631. The monoisotopic (exact) mass is 295 g/mol. The molecule has 102 valence electrons. The van der Waals surface area contributed by atoms with Gasteiger partial charge in [-0.05, 0) is 24.6 Å². The van der Waals surface area contributed by atoms with Gasteiger partial charge in [0.05, 0.1) is 6.61 Å². The fourth-order valence-electron chi connectivity index (χ4n) is 1.55. The molecule has 2 aromatic heterocycles. The van der Waals surface area contributed by atoms with Crippen LogP contribution in [-0.4, -0.2) is 29.4 Å². The molecule has 0 spiro atoms. The molecule has 1 N–H and O–H groups in total. The van der Waals surface area contributed by atoms with Crippen molar-refractivity contribution >= 4 is 28.9 Å². The van der Waals surface area contributed by atoms with Gasteiger partial charge in [0, 0.05) is 23.9 Å². The lowest BCUT2D eigenvalue weighted by Crippen LogP contribution is -2.05. The standard InChI is InChI=1S/C13H17N3OS2/c1-3-14-11-9-12(16-13(15-11)18-2)17-7-6-10-5-4-8-19-10/h4-5,8-9H,3,6-7H2,1-2H3,(H,14,15,16). The number of anilines is 1. The quantitative estimate of drug-likeness (QED) is 0.627. The van der Waals surface area contributed by atoms with Crippen molar-refractivity contribution in [2.45, 2.75) is 18.5 Å². The molecular formula is C13H17N3OS2. The largest absolute Gasteiger partial charge is 0.477 e. The summed E-state index contributed by atoms with van der Waals surface area (Å²) < 4.78 is 5.71. The second-order valence-electron chi connectivity index (χ2n) is 3.79. The zero-order valence-corrected chi connectivity index (χ0v) is 12.7. The third kappa shape index (κ3) is 4.40. The topological polar surface area (TPSA) is 47.0 Å². The lowest BCUT2D eigenvalue weighted by Gasteiger charge is -2.08. The summed E-state index contributed by atoms with van der Waals surface area (Å²) in [7, 11) is 0. The predicted molar refractivity (Wildman–Crippen MR) is 81.5 cm³/mol. The number of ether oxygens (including phenoxy) is 1. The molecule has 0 amide bonds. The van der Waals surface area contributed by atoms with Crippen LogP contribution in [0.15, 0.2) is 28.7 Å². The second kappa shape index (κ2) is 7.35. The number of thiophene rings is 1. The molecule has 0 saturated heterocycles. The lowest BCUT2D eigenvalue weighted by molar-refractivity contribution is 0.307. The SMILES string of the molecule is CCNc1cc(OCCc2cccs2)nc(SC)n1. The van der Waals surface area contributed by atoms with Gasteiger partial charge < -0.3 is 10.1 Å². The minimum atomic E-state index is 0.631. The maximum Gasteiger partial charge on any atom is 0.219 e. The van der Waals surface area contributed by atoms with Crippen LogP contribution in [0.2, 0.25) is 0 Å². The van der Waals surface area contributed by atoms with Crippen molar-refractivity contribution < 1.29 is 4.74 Å². The van der Waals surface area contributed by atoms with Crippen molar-refractivity contribution in [3.05, 3.63) is 28.5 Å². The zero-order valence-electron chi connectivity index (χ0n) is 11.0. The molecule has 0 unspecified atom stereocenters. The summed E-state index contributed by atoms with van der Waals surface area (Å²) in [5, 5.41) is 5.99. The normalized spacial score (nSPS) is 10.4. The highest BCUT2D eigenvalue weighted by Crippen LogP contribution is 2.19. The summed E-state index contributed by atoms with van der Waals surface area (Å²) in [6.07, 6.45) is 2.87. The van der Waals surface area contributed by atoms with Crippen LogP contribution < -0.4 is 10.1 Å². The molecule has 0 aliphatic heterocycles. The Morgan fingerprint density at radius 3 is 3.00 bits per heavy atom. The Balaban J connectivity index is 1.96. The predicted octanol–water partition coefficient (Wildman–Crippen LogP) is 3.31. The van der Waals surface area contributed by atoms with Gasteiger partial charge in [-0.15, -0.1) is 11.3 Å². The van der Waals surface area contributed by atoms with Crippen molar-refractivity contribution in [2.24, 2.45) is 0 Å². The van der Waals surface area contributed by atoms with Gasteiger partial charge in [-0.3, -0.25) is 0 Å². The summed E-state index contributed by atoms with van der Waals surface area (Å²) in [4.78, 5) is 10.0. The van der Waals surface area contributed by atoms with E-state index in [-0.39, 0.29) is 0 Å². The highest BCUT2D eigenvalue weighted by molar-refractivity contribution is 7.98. The summed E-state index contributed by atoms with van der Waals surface area (Å²) >= 11 is 3.26. The lowest BCUT2D eigenvalue weighted by atomic mass is 10.4. The minimum Gasteiger partial charge on any atom is -0.477 e. The average Bonchev–Trinajstić information content (AvgIpc) is 2.92. The Morgan fingerprint density at radius 2 is 2.32 bits per heavy atom. The Morgan fingerprint density at radius 1 is 1.42 bits per heavy atom. The van der Waals surface area contributed by atoms with Crippen LogP contribution >= 0.6 is 23.1 Å². The van der Waals surface area contributed by atoms with Crippen LogP contribution in [-0.2, 0) is 6.42 Å². The molecule has 19 heavy (non-hydrogen) atoms. The van der Waals surface area contributed by atoms with Crippen molar-refractivity contribution in [1.29, 1.82) is 0 Å². The highest BCUT2D eigenvalue weighted by atomic mass is 32.2. The van der Waals surface area contributed by atoms with Gasteiger partial charge >= 0.3 is 0 Å². The molecule has 0 aliphatic carbocycles. The number of rotatable bonds is 7. The van der Waals surface area contributed by atoms with E-state index < -0.39 is 0 Å². The molecule has 2 rings (SSSR count). The number of nitrogens with zero attached hydrogens (tertiary/aromatic N) is 2. The van der Waals surface area contributed by atoms with E-state index in [2.05, 4.69) is 32.8 Å². The van der Waals surface area contributed by atoms with Gasteiger partial charge in [0.2, 0.25) is 5.88 Å². The van der Waals surface area contributed by atoms with E-state index >= 15 is 0 Å². The van der Waals surface area contributed by atoms with Gasteiger partial charge in [-0.2, -0.15) is 4.98 Å². The molecule has 0 aromatic carbocycles. The molecule has 2 heterocycles. The number of thioether (sulfide) groups is 1. The van der Waals surface area contributed by atoms with Gasteiger partial charge in [-0.25, -0.2) is 4.98 Å². The van der Waals surface area contributed by atoms with E-state index in [9.17, 15) is 0 Å². The first-order valence-corrected chi connectivity index (χ1v) is 8.24. The maximum absolute atomic E-state index is 5.71. The van der Waals surface area contributed by atoms with Crippen LogP contribution in [0.5, 0.6) is 5.88 Å². The average molecular weight is 295 g/mol. The number of nitrogens with one attached hydrogen (secondary N) is 1. The van der Waals surface area contributed by atoms with Crippen molar-refractivity contribution in [3.63, 3.8) is 0 Å². The first kappa shape index (κ1) is 14.1. The Bertz CT molecular complexity index is 503. The van der Waals surface area contributed by atoms with Crippen LogP contribution in [0.1, 0.15) is 11.8 Å². The van der Waals surface area contributed by atoms with E-state index in [1.165, 1.54) is 16.6 Å². The number of hydrogen-bond acceptors (Lipinski definition) is 6. The third-order valence-electron chi connectivity index (χ3n) is 2.40. The van der Waals surface area contributed by atoms with Crippen LogP contribution in [0.25, 0.3) is 0 Å². The molecule has 2 aromatic rings. The van der Waals surface area contributed by atoms with Crippen molar-refractivity contribution in [1.82, 2.24) is 9.97 Å². The Labute approximate surface area is 121 Å². The molecule has 6 heteroatoms. The van der Waals surface area contributed by atoms with Gasteiger partial charge in [0.15, 0.2) is 5.16 Å². The molecule has 0 bridgehead atoms. The van der Waals surface area contributed by atoms with Crippen LogP contribution in [0.3, 0.4) is 0 Å². The summed E-state index contributed by atoms with van der Waals surface area (Å²) in [6.45, 7) is 3.51. The molecule has 0 fully saturated rings. The van der Waals surface area contributed by atoms with Crippen LogP contribution in [0.4, 0.5) is 5.82 Å². The number of hydrogen-bond donors (Lipinski definition) is 1. The van der Waals surface area contributed by atoms with E-state index in [1.54, 1.807) is 11.3 Å². The first-order chi connectivity index (χ1) is 9.31. The van der Waals surface area contributed by atoms with E-state index in [1.807, 2.05) is 19.2 Å². The van der Waals surface area contributed by atoms with Gasteiger partial charge in [-0.1, -0.05) is 17.8 Å². The summed E-state index contributed by atoms with van der Waals surface area (Å²) in [5.74, 6) is 1.44. The smallest absolute Gasteiger partial charge is 0.219 e. The van der Waals surface area contributed by atoms with Crippen LogP contribution in [0, 0.1) is 0 Å². The molecule has 0 saturated carbocycles. The Hall–Kier alpha value is -1.27. The second-order valence-corrected chi connectivity index (χ2v) is 5.59. The fourth-order valence-corrected chi connectivity index (χ4v) is 2.61. The van der Waals surface area contributed by atoms with Crippen molar-refractivity contribution in [3.8, 4) is 5.88 Å². The zero-order chi connectivity index (χ0) is 13.5. The summed E-state index contributed by atoms with van der Waals surface area (Å²) in [5.41, 5.74) is 0. The maximum atomic E-state index is 5.71. The Kier molecular flexibility index (Phi) is 5.47. The molecular weight excluding hydrogens is 278 g/mol. The summed E-state index contributed by atoms with van der Waals surface area (Å²) in [6, 6.07) is 6.02. The van der Waals surface area contributed by atoms with E-state index in [0.717, 1.165) is 23.9 Å². The van der Waals surface area contributed by atoms with Gasteiger partial charge in [0.25, 0.3) is 0 Å². The molecule has 0 atom stereocenters. The highest BCUT2D eigenvalue weighted by Gasteiger charge is 2.05. The fraction of sp³-hybridized carbons (Fsp3) is 0.385. The molecule has 0 radical (unpaired) electrons. The van der Waals surface area contributed by atoms with Gasteiger partial charge in [0.1, 0.15) is 5.82 Å². The van der Waals surface area contributed by atoms with Crippen molar-refractivity contribution in [2.75, 3.05) is 24.7 Å². The van der Waals surface area contributed by atoms with E-state index in [0.29, 0.717) is 12.5 Å². The third-order valence-corrected chi connectivity index (χ3v) is 3.88.